The van der Waals surface area contributed by atoms with Crippen LogP contribution in [0.25, 0.3) is 0 Å². The quantitative estimate of drug-likeness (QED) is 0.673. The highest BCUT2D eigenvalue weighted by Crippen LogP contribution is 2.23. The second-order valence-electron chi connectivity index (χ2n) is 8.01. The molecule has 1 atom stereocenters. The minimum Gasteiger partial charge on any atom is -0.491 e. The lowest BCUT2D eigenvalue weighted by Crippen LogP contribution is -2.46. The number of para-hydroxylation sites is 1. The summed E-state index contributed by atoms with van der Waals surface area (Å²) in [7, 11) is -3.63. The molecule has 31 heavy (non-hydrogen) atoms. The van der Waals surface area contributed by atoms with Crippen LogP contribution in [0.4, 0.5) is 4.39 Å². The Hall–Kier alpha value is -2.45. The fraction of sp³-hybridized carbons (Fsp3) is 0.435. The first-order valence-corrected chi connectivity index (χ1v) is 12.1. The van der Waals surface area contributed by atoms with E-state index < -0.39 is 15.8 Å². The second-order valence-corrected chi connectivity index (χ2v) is 9.98. The van der Waals surface area contributed by atoms with Gasteiger partial charge in [-0.05, 0) is 44.4 Å². The van der Waals surface area contributed by atoms with Crippen LogP contribution in [0.15, 0.2) is 48.5 Å². The van der Waals surface area contributed by atoms with Crippen molar-refractivity contribution in [2.24, 2.45) is 5.92 Å². The summed E-state index contributed by atoms with van der Waals surface area (Å²) in [6.45, 7) is 4.70. The van der Waals surface area contributed by atoms with Gasteiger partial charge in [0.15, 0.2) is 0 Å². The molecule has 1 aliphatic rings. The van der Waals surface area contributed by atoms with Crippen molar-refractivity contribution >= 4 is 15.9 Å². The van der Waals surface area contributed by atoms with Gasteiger partial charge in [-0.25, -0.2) is 17.1 Å². The molecular formula is C23H29FN2O4S. The summed E-state index contributed by atoms with van der Waals surface area (Å²) in [5.74, 6) is -0.448. The van der Waals surface area contributed by atoms with Crippen molar-refractivity contribution in [3.05, 3.63) is 65.5 Å². The average molecular weight is 449 g/mol. The summed E-state index contributed by atoms with van der Waals surface area (Å²) in [4.78, 5) is 12.6. The third kappa shape index (κ3) is 6.27. The van der Waals surface area contributed by atoms with Gasteiger partial charge in [0.1, 0.15) is 18.2 Å². The molecular weight excluding hydrogens is 419 g/mol. The summed E-state index contributed by atoms with van der Waals surface area (Å²) >= 11 is 0. The van der Waals surface area contributed by atoms with E-state index in [1.54, 1.807) is 6.07 Å². The zero-order valence-corrected chi connectivity index (χ0v) is 18.7. The predicted molar refractivity (Wildman–Crippen MR) is 118 cm³/mol. The molecule has 0 spiro atoms. The second kappa shape index (κ2) is 10.2. The van der Waals surface area contributed by atoms with Crippen molar-refractivity contribution in [1.29, 1.82) is 0 Å². The van der Waals surface area contributed by atoms with Crippen molar-refractivity contribution in [2.75, 3.05) is 19.7 Å². The first kappa shape index (κ1) is 23.2. The molecule has 0 radical (unpaired) electrons. The molecule has 1 fully saturated rings. The van der Waals surface area contributed by atoms with E-state index in [0.717, 1.165) is 11.3 Å². The molecule has 0 aliphatic carbocycles. The summed E-state index contributed by atoms with van der Waals surface area (Å²) in [5, 5.41) is 2.96. The van der Waals surface area contributed by atoms with Crippen molar-refractivity contribution in [3.63, 3.8) is 0 Å². The van der Waals surface area contributed by atoms with Crippen LogP contribution in [0.2, 0.25) is 0 Å². The van der Waals surface area contributed by atoms with Gasteiger partial charge in [-0.1, -0.05) is 36.4 Å². The van der Waals surface area contributed by atoms with E-state index in [1.165, 1.54) is 22.5 Å². The van der Waals surface area contributed by atoms with Crippen LogP contribution < -0.4 is 10.1 Å². The Bertz CT molecular complexity index is 1000. The van der Waals surface area contributed by atoms with Crippen LogP contribution in [0.1, 0.15) is 30.9 Å². The Morgan fingerprint density at radius 2 is 1.81 bits per heavy atom. The third-order valence-corrected chi connectivity index (χ3v) is 7.31. The summed E-state index contributed by atoms with van der Waals surface area (Å²) in [5.41, 5.74) is 1.19. The van der Waals surface area contributed by atoms with Gasteiger partial charge in [-0.15, -0.1) is 0 Å². The number of ether oxygens (including phenoxy) is 1. The van der Waals surface area contributed by atoms with Gasteiger partial charge in [0.2, 0.25) is 15.9 Å². The number of nitrogens with one attached hydrogen (secondary N) is 1. The Kier molecular flexibility index (Phi) is 7.67. The molecule has 1 amide bonds. The number of halogens is 1. The van der Waals surface area contributed by atoms with Gasteiger partial charge in [0.25, 0.3) is 0 Å². The molecule has 1 aliphatic heterocycles. The van der Waals surface area contributed by atoms with E-state index in [2.05, 4.69) is 5.32 Å². The summed E-state index contributed by atoms with van der Waals surface area (Å²) in [6, 6.07) is 13.4. The molecule has 8 heteroatoms. The maximum atomic E-state index is 13.8. The van der Waals surface area contributed by atoms with Gasteiger partial charge >= 0.3 is 0 Å². The minimum atomic E-state index is -3.63. The van der Waals surface area contributed by atoms with Crippen molar-refractivity contribution in [1.82, 2.24) is 9.62 Å². The fourth-order valence-electron chi connectivity index (χ4n) is 3.63. The van der Waals surface area contributed by atoms with Crippen molar-refractivity contribution in [3.8, 4) is 5.75 Å². The van der Waals surface area contributed by atoms with E-state index in [4.69, 9.17) is 4.74 Å². The van der Waals surface area contributed by atoms with Crippen LogP contribution in [0.3, 0.4) is 0 Å². The highest BCUT2D eigenvalue weighted by atomic mass is 32.2. The molecule has 168 valence electrons. The number of carbonyl (C=O) groups is 1. The van der Waals surface area contributed by atoms with E-state index in [0.29, 0.717) is 19.4 Å². The molecule has 1 heterocycles. The molecule has 1 unspecified atom stereocenters. The van der Waals surface area contributed by atoms with Gasteiger partial charge in [0, 0.05) is 24.6 Å². The standard InChI is InChI=1S/C23H29FN2O4S/c1-17-7-3-6-10-22(17)30-15-18(2)25-23(27)19-11-13-26(14-12-19)31(28,29)16-20-8-4-5-9-21(20)24/h3-10,18-19H,11-16H2,1-2H3,(H,25,27). The number of aryl methyl sites for hydroxylation is 1. The number of rotatable bonds is 8. The number of sulfonamides is 1. The predicted octanol–water partition coefficient (Wildman–Crippen LogP) is 3.26. The molecule has 1 N–H and O–H groups in total. The number of carbonyl (C=O) groups excluding carboxylic acids is 1. The maximum Gasteiger partial charge on any atom is 0.223 e. The smallest absolute Gasteiger partial charge is 0.223 e. The zero-order chi connectivity index (χ0) is 22.4. The molecule has 2 aromatic carbocycles. The number of hydrogen-bond acceptors (Lipinski definition) is 4. The Balaban J connectivity index is 1.47. The molecule has 0 saturated carbocycles. The van der Waals surface area contributed by atoms with Gasteiger partial charge in [0.05, 0.1) is 11.8 Å². The highest BCUT2D eigenvalue weighted by molar-refractivity contribution is 7.88. The molecule has 2 aromatic rings. The van der Waals surface area contributed by atoms with Gasteiger partial charge < -0.3 is 10.1 Å². The fourth-order valence-corrected chi connectivity index (χ4v) is 5.21. The Morgan fingerprint density at radius 1 is 1.16 bits per heavy atom. The van der Waals surface area contributed by atoms with E-state index >= 15 is 0 Å². The molecule has 0 bridgehead atoms. The first-order valence-electron chi connectivity index (χ1n) is 10.5. The average Bonchev–Trinajstić information content (AvgIpc) is 2.75. The lowest BCUT2D eigenvalue weighted by atomic mass is 9.97. The Morgan fingerprint density at radius 3 is 2.48 bits per heavy atom. The number of amides is 1. The summed E-state index contributed by atoms with van der Waals surface area (Å²) < 4.78 is 46.3. The van der Waals surface area contributed by atoms with Crippen molar-refractivity contribution < 1.29 is 22.3 Å². The zero-order valence-electron chi connectivity index (χ0n) is 17.9. The van der Waals surface area contributed by atoms with E-state index in [9.17, 15) is 17.6 Å². The topological polar surface area (TPSA) is 75.7 Å². The normalized spacial score (nSPS) is 16.6. The van der Waals surface area contributed by atoms with Crippen LogP contribution in [0.5, 0.6) is 5.75 Å². The largest absolute Gasteiger partial charge is 0.491 e. The van der Waals surface area contributed by atoms with Gasteiger partial charge in [-0.3, -0.25) is 4.79 Å². The number of benzene rings is 2. The van der Waals surface area contributed by atoms with Crippen LogP contribution in [0, 0.1) is 18.7 Å². The third-order valence-electron chi connectivity index (χ3n) is 5.48. The van der Waals surface area contributed by atoms with Crippen LogP contribution in [-0.4, -0.2) is 44.4 Å². The highest BCUT2D eigenvalue weighted by Gasteiger charge is 2.32. The van der Waals surface area contributed by atoms with E-state index in [1.807, 2.05) is 38.1 Å². The van der Waals surface area contributed by atoms with Crippen molar-refractivity contribution in [2.45, 2.75) is 38.5 Å². The minimum absolute atomic E-state index is 0.0907. The van der Waals surface area contributed by atoms with E-state index in [-0.39, 0.29) is 42.3 Å². The number of hydrogen-bond donors (Lipinski definition) is 1. The number of piperidine rings is 1. The first-order chi connectivity index (χ1) is 14.8. The number of nitrogens with zero attached hydrogens (tertiary/aromatic N) is 1. The van der Waals surface area contributed by atoms with Crippen LogP contribution >= 0.6 is 0 Å². The lowest BCUT2D eigenvalue weighted by molar-refractivity contribution is -0.126. The maximum absolute atomic E-state index is 13.8. The SMILES string of the molecule is Cc1ccccc1OCC(C)NC(=O)C1CCN(S(=O)(=O)Cc2ccccc2F)CC1. The van der Waals surface area contributed by atoms with Crippen LogP contribution in [-0.2, 0) is 20.6 Å². The summed E-state index contributed by atoms with van der Waals surface area (Å²) in [6.07, 6.45) is 0.876. The molecule has 6 nitrogen and oxygen atoms in total. The van der Waals surface area contributed by atoms with Gasteiger partial charge in [-0.2, -0.15) is 0 Å². The lowest BCUT2D eigenvalue weighted by Gasteiger charge is -2.31. The molecule has 3 rings (SSSR count). The molecule has 0 aromatic heterocycles. The Labute approximate surface area is 183 Å². The molecule has 1 saturated heterocycles. The monoisotopic (exact) mass is 448 g/mol.